The molecule has 5 nitrogen and oxygen atoms in total. The van der Waals surface area contributed by atoms with Crippen LogP contribution < -0.4 is 4.74 Å². The van der Waals surface area contributed by atoms with Gasteiger partial charge in [-0.1, -0.05) is 31.9 Å². The number of benzene rings is 1. The summed E-state index contributed by atoms with van der Waals surface area (Å²) in [5, 5.41) is 8.96. The lowest BCUT2D eigenvalue weighted by Gasteiger charge is -2.41. The largest absolute Gasteiger partial charge is 0.491 e. The topological polar surface area (TPSA) is 72.8 Å². The van der Waals surface area contributed by atoms with E-state index >= 15 is 0 Å². The van der Waals surface area contributed by atoms with Gasteiger partial charge in [0.25, 0.3) is 0 Å². The predicted molar refractivity (Wildman–Crippen MR) is 102 cm³/mol. The predicted octanol–water partition coefficient (Wildman–Crippen LogP) is 3.39. The molecule has 0 bridgehead atoms. The standard InChI is InChI=1S/C22H30O5/c1-2-17-13-16(7-8-20(17)26-12-11-23)9-10-22(18-5-3-4-6-18)15-19(24)14-21(25)27-22/h7-8,13,18,23H,2-6,9-12,14-15H2,1H3. The first-order chi connectivity index (χ1) is 13.1. The van der Waals surface area contributed by atoms with Gasteiger partial charge in [0.2, 0.25) is 0 Å². The molecule has 0 aromatic heterocycles. The van der Waals surface area contributed by atoms with Crippen LogP contribution in [0.1, 0.15) is 63.0 Å². The van der Waals surface area contributed by atoms with E-state index in [4.69, 9.17) is 14.6 Å². The summed E-state index contributed by atoms with van der Waals surface area (Å²) in [5.74, 6) is 0.754. The number of cyclic esters (lactones) is 1. The van der Waals surface area contributed by atoms with Gasteiger partial charge in [0.05, 0.1) is 6.61 Å². The van der Waals surface area contributed by atoms with E-state index in [-0.39, 0.29) is 31.4 Å². The van der Waals surface area contributed by atoms with E-state index in [2.05, 4.69) is 13.0 Å². The molecule has 1 aromatic carbocycles. The molecule has 148 valence electrons. The van der Waals surface area contributed by atoms with Crippen molar-refractivity contribution in [2.45, 2.75) is 70.3 Å². The highest BCUT2D eigenvalue weighted by Crippen LogP contribution is 2.44. The Morgan fingerprint density at radius 3 is 2.70 bits per heavy atom. The number of carbonyl (C=O) groups excluding carboxylic acids is 2. The van der Waals surface area contributed by atoms with Crippen molar-refractivity contribution in [3.8, 4) is 5.75 Å². The van der Waals surface area contributed by atoms with Crippen LogP contribution in [0.15, 0.2) is 18.2 Å². The highest BCUT2D eigenvalue weighted by molar-refractivity contribution is 5.98. The van der Waals surface area contributed by atoms with Crippen molar-refractivity contribution >= 4 is 11.8 Å². The van der Waals surface area contributed by atoms with Crippen molar-refractivity contribution in [3.63, 3.8) is 0 Å². The molecule has 0 spiro atoms. The molecule has 2 fully saturated rings. The van der Waals surface area contributed by atoms with Crippen LogP contribution in [0.4, 0.5) is 0 Å². The van der Waals surface area contributed by atoms with Gasteiger partial charge in [-0.15, -0.1) is 0 Å². The first-order valence-electron chi connectivity index (χ1n) is 10.2. The van der Waals surface area contributed by atoms with E-state index < -0.39 is 5.60 Å². The van der Waals surface area contributed by atoms with E-state index in [1.807, 2.05) is 12.1 Å². The van der Waals surface area contributed by atoms with E-state index in [1.165, 1.54) is 0 Å². The van der Waals surface area contributed by atoms with Crippen molar-refractivity contribution in [3.05, 3.63) is 29.3 Å². The molecular formula is C22H30O5. The number of aryl methyl sites for hydroxylation is 2. The molecule has 1 unspecified atom stereocenters. The fraction of sp³-hybridized carbons (Fsp3) is 0.636. The van der Waals surface area contributed by atoms with Gasteiger partial charge in [-0.05, 0) is 55.2 Å². The number of rotatable bonds is 8. The molecule has 3 rings (SSSR count). The van der Waals surface area contributed by atoms with E-state index in [0.29, 0.717) is 18.8 Å². The summed E-state index contributed by atoms with van der Waals surface area (Å²) in [6, 6.07) is 6.10. The third-order valence-electron chi connectivity index (χ3n) is 5.95. The van der Waals surface area contributed by atoms with Gasteiger partial charge < -0.3 is 14.6 Å². The Bertz CT molecular complexity index is 659. The average Bonchev–Trinajstić information content (AvgIpc) is 3.19. The highest BCUT2D eigenvalue weighted by atomic mass is 16.6. The van der Waals surface area contributed by atoms with Crippen molar-refractivity contribution < 1.29 is 24.2 Å². The van der Waals surface area contributed by atoms with E-state index in [0.717, 1.165) is 55.4 Å². The summed E-state index contributed by atoms with van der Waals surface area (Å²) in [5.41, 5.74) is 1.64. The second kappa shape index (κ2) is 8.87. The Balaban J connectivity index is 1.75. The Morgan fingerprint density at radius 1 is 1.26 bits per heavy atom. The molecule has 1 heterocycles. The summed E-state index contributed by atoms with van der Waals surface area (Å²) in [4.78, 5) is 24.2. The molecule has 1 saturated carbocycles. The average molecular weight is 374 g/mol. The zero-order valence-electron chi connectivity index (χ0n) is 16.2. The Kier molecular flexibility index (Phi) is 6.53. The molecule has 1 aliphatic carbocycles. The van der Waals surface area contributed by atoms with Crippen LogP contribution in [0.25, 0.3) is 0 Å². The van der Waals surface area contributed by atoms with Gasteiger partial charge in [-0.3, -0.25) is 9.59 Å². The molecule has 1 saturated heterocycles. The van der Waals surface area contributed by atoms with Crippen LogP contribution in [-0.4, -0.2) is 35.7 Å². The van der Waals surface area contributed by atoms with Crippen LogP contribution in [0.2, 0.25) is 0 Å². The number of hydrogen-bond acceptors (Lipinski definition) is 5. The molecule has 5 heteroatoms. The number of ether oxygens (including phenoxy) is 2. The van der Waals surface area contributed by atoms with Crippen LogP contribution in [0.3, 0.4) is 0 Å². The zero-order chi connectivity index (χ0) is 19.3. The molecule has 1 aromatic rings. The summed E-state index contributed by atoms with van der Waals surface area (Å²) < 4.78 is 11.5. The molecule has 1 atom stereocenters. The lowest BCUT2D eigenvalue weighted by molar-refractivity contribution is -0.178. The Morgan fingerprint density at radius 2 is 2.04 bits per heavy atom. The molecule has 0 amide bonds. The second-order valence-corrected chi connectivity index (χ2v) is 7.78. The Hall–Kier alpha value is -1.88. The number of aliphatic hydroxyl groups is 1. The van der Waals surface area contributed by atoms with Gasteiger partial charge in [-0.2, -0.15) is 0 Å². The second-order valence-electron chi connectivity index (χ2n) is 7.78. The monoisotopic (exact) mass is 374 g/mol. The third kappa shape index (κ3) is 4.70. The number of hydrogen-bond donors (Lipinski definition) is 1. The quantitative estimate of drug-likeness (QED) is 0.558. The lowest BCUT2D eigenvalue weighted by Crippen LogP contribution is -2.48. The summed E-state index contributed by atoms with van der Waals surface area (Å²) >= 11 is 0. The molecule has 27 heavy (non-hydrogen) atoms. The first kappa shape index (κ1) is 19.9. The first-order valence-corrected chi connectivity index (χ1v) is 10.2. The third-order valence-corrected chi connectivity index (χ3v) is 5.95. The van der Waals surface area contributed by atoms with Gasteiger partial charge in [0, 0.05) is 6.42 Å². The van der Waals surface area contributed by atoms with Crippen molar-refractivity contribution in [1.29, 1.82) is 0 Å². The number of Topliss-reactive ketones (excluding diaryl/α,β-unsaturated/α-hetero) is 1. The normalized spacial score (nSPS) is 23.5. The fourth-order valence-corrected chi connectivity index (χ4v) is 4.60. The minimum Gasteiger partial charge on any atom is -0.491 e. The van der Waals surface area contributed by atoms with Crippen LogP contribution >= 0.6 is 0 Å². The van der Waals surface area contributed by atoms with Gasteiger partial charge >= 0.3 is 5.97 Å². The summed E-state index contributed by atoms with van der Waals surface area (Å²) in [6.07, 6.45) is 6.95. The molecular weight excluding hydrogens is 344 g/mol. The maximum atomic E-state index is 12.2. The molecule has 2 aliphatic rings. The molecule has 0 radical (unpaired) electrons. The number of aliphatic hydroxyl groups excluding tert-OH is 1. The number of esters is 1. The fourth-order valence-electron chi connectivity index (χ4n) is 4.60. The van der Waals surface area contributed by atoms with Gasteiger partial charge in [0.15, 0.2) is 0 Å². The highest BCUT2D eigenvalue weighted by Gasteiger charge is 2.47. The minimum atomic E-state index is -0.624. The molecule has 1 N–H and O–H groups in total. The molecule has 1 aliphatic heterocycles. The zero-order valence-corrected chi connectivity index (χ0v) is 16.2. The summed E-state index contributed by atoms with van der Waals surface area (Å²) in [7, 11) is 0. The van der Waals surface area contributed by atoms with Crippen molar-refractivity contribution in [1.82, 2.24) is 0 Å². The summed E-state index contributed by atoms with van der Waals surface area (Å²) in [6.45, 7) is 2.36. The maximum absolute atomic E-state index is 12.2. The van der Waals surface area contributed by atoms with Gasteiger partial charge in [-0.25, -0.2) is 0 Å². The maximum Gasteiger partial charge on any atom is 0.313 e. The number of carbonyl (C=O) groups is 2. The smallest absolute Gasteiger partial charge is 0.313 e. The van der Waals surface area contributed by atoms with E-state index in [1.54, 1.807) is 0 Å². The minimum absolute atomic E-state index is 0.00574. The van der Waals surface area contributed by atoms with Crippen LogP contribution in [0.5, 0.6) is 5.75 Å². The van der Waals surface area contributed by atoms with Crippen LogP contribution in [-0.2, 0) is 27.2 Å². The lowest BCUT2D eigenvalue weighted by atomic mass is 9.76. The Labute approximate surface area is 161 Å². The van der Waals surface area contributed by atoms with Crippen molar-refractivity contribution in [2.75, 3.05) is 13.2 Å². The van der Waals surface area contributed by atoms with Crippen molar-refractivity contribution in [2.24, 2.45) is 5.92 Å². The van der Waals surface area contributed by atoms with Crippen LogP contribution in [0, 0.1) is 5.92 Å². The SMILES string of the molecule is CCc1cc(CCC2(C3CCCC3)CC(=O)CC(=O)O2)ccc1OCCO. The van der Waals surface area contributed by atoms with Gasteiger partial charge in [0.1, 0.15) is 30.2 Å². The number of ketones is 1. The van der Waals surface area contributed by atoms with E-state index in [9.17, 15) is 9.59 Å².